The maximum Gasteiger partial charge on any atom is 0.125 e. The molecule has 1 rings (SSSR count). The molecule has 0 amide bonds. The highest BCUT2D eigenvalue weighted by Gasteiger charge is 2.11. The van der Waals surface area contributed by atoms with Crippen LogP contribution in [-0.2, 0) is 0 Å². The lowest BCUT2D eigenvalue weighted by Crippen LogP contribution is -1.96. The van der Waals surface area contributed by atoms with Crippen molar-refractivity contribution in [1.29, 1.82) is 0 Å². The van der Waals surface area contributed by atoms with E-state index in [9.17, 15) is 10.2 Å². The maximum atomic E-state index is 9.55. The fourth-order valence-corrected chi connectivity index (χ4v) is 1.24. The zero-order chi connectivity index (χ0) is 9.84. The Morgan fingerprint density at radius 1 is 1.31 bits per heavy atom. The molecule has 0 radical (unpaired) electrons. The summed E-state index contributed by atoms with van der Waals surface area (Å²) >= 11 is 0. The number of hydrogen-bond donors (Lipinski definition) is 3. The van der Waals surface area contributed by atoms with Crippen molar-refractivity contribution < 1.29 is 15.3 Å². The molecule has 0 fully saturated rings. The molecule has 0 aliphatic carbocycles. The molecule has 0 aliphatic rings. The lowest BCUT2D eigenvalue weighted by Gasteiger charge is -2.11. The number of benzene rings is 1. The van der Waals surface area contributed by atoms with Gasteiger partial charge in [0, 0.05) is 11.6 Å². The third-order valence-electron chi connectivity index (χ3n) is 1.94. The first-order chi connectivity index (χ1) is 6.15. The number of phenolic OH excluding ortho intramolecular Hbond substituents is 2. The van der Waals surface area contributed by atoms with Gasteiger partial charge in [-0.05, 0) is 18.6 Å². The van der Waals surface area contributed by atoms with Crippen LogP contribution in [0.15, 0.2) is 18.2 Å². The number of hydrogen-bond acceptors (Lipinski definition) is 3. The maximum absolute atomic E-state index is 9.55. The van der Waals surface area contributed by atoms with E-state index >= 15 is 0 Å². The van der Waals surface area contributed by atoms with Crippen LogP contribution < -0.4 is 0 Å². The lowest BCUT2D eigenvalue weighted by atomic mass is 10.0. The van der Waals surface area contributed by atoms with Crippen LogP contribution >= 0.6 is 0 Å². The van der Waals surface area contributed by atoms with E-state index < -0.39 is 6.10 Å². The van der Waals surface area contributed by atoms with Crippen LogP contribution in [0.4, 0.5) is 0 Å². The smallest absolute Gasteiger partial charge is 0.125 e. The Bertz CT molecular complexity index is 283. The van der Waals surface area contributed by atoms with E-state index in [0.29, 0.717) is 12.0 Å². The van der Waals surface area contributed by atoms with Crippen LogP contribution in [0.2, 0.25) is 0 Å². The zero-order valence-electron chi connectivity index (χ0n) is 7.57. The first kappa shape index (κ1) is 9.86. The highest BCUT2D eigenvalue weighted by molar-refractivity contribution is 5.40. The quantitative estimate of drug-likeness (QED) is 0.669. The Labute approximate surface area is 77.3 Å². The van der Waals surface area contributed by atoms with Crippen molar-refractivity contribution in [3.05, 3.63) is 23.8 Å². The molecule has 0 saturated heterocycles. The van der Waals surface area contributed by atoms with Crippen molar-refractivity contribution in [1.82, 2.24) is 0 Å². The second-order valence-electron chi connectivity index (χ2n) is 3.05. The van der Waals surface area contributed by atoms with Crippen LogP contribution in [-0.4, -0.2) is 15.3 Å². The molecule has 0 saturated carbocycles. The van der Waals surface area contributed by atoms with Crippen LogP contribution in [0.25, 0.3) is 0 Å². The Kier molecular flexibility index (Phi) is 3.14. The Morgan fingerprint density at radius 2 is 2.00 bits per heavy atom. The average molecular weight is 182 g/mol. The lowest BCUT2D eigenvalue weighted by molar-refractivity contribution is 0.162. The molecule has 1 aromatic carbocycles. The van der Waals surface area contributed by atoms with E-state index in [2.05, 4.69) is 0 Å². The predicted octanol–water partition coefficient (Wildman–Crippen LogP) is 1.93. The number of aliphatic hydroxyl groups is 1. The van der Waals surface area contributed by atoms with Crippen molar-refractivity contribution in [2.24, 2.45) is 0 Å². The number of aliphatic hydroxyl groups excluding tert-OH is 1. The number of rotatable bonds is 3. The van der Waals surface area contributed by atoms with Gasteiger partial charge in [-0.3, -0.25) is 0 Å². The zero-order valence-corrected chi connectivity index (χ0v) is 7.57. The van der Waals surface area contributed by atoms with Crippen LogP contribution in [0, 0.1) is 0 Å². The number of aromatic hydroxyl groups is 2. The van der Waals surface area contributed by atoms with Crippen molar-refractivity contribution in [2.45, 2.75) is 25.9 Å². The molecule has 72 valence electrons. The van der Waals surface area contributed by atoms with Gasteiger partial charge in [0.05, 0.1) is 6.10 Å². The summed E-state index contributed by atoms with van der Waals surface area (Å²) < 4.78 is 0. The van der Waals surface area contributed by atoms with Gasteiger partial charge < -0.3 is 15.3 Å². The molecule has 1 aromatic rings. The normalized spacial score (nSPS) is 12.8. The van der Waals surface area contributed by atoms with E-state index in [1.807, 2.05) is 6.92 Å². The van der Waals surface area contributed by atoms with E-state index in [-0.39, 0.29) is 11.5 Å². The Hall–Kier alpha value is -1.22. The summed E-state index contributed by atoms with van der Waals surface area (Å²) in [4.78, 5) is 0. The van der Waals surface area contributed by atoms with E-state index in [4.69, 9.17) is 5.11 Å². The molecule has 0 spiro atoms. The molecule has 0 aliphatic heterocycles. The molecule has 1 unspecified atom stereocenters. The standard InChI is InChI=1S/C10H14O3/c1-2-3-9(12)8-5-4-7(11)6-10(8)13/h4-6,9,11-13H,2-3H2,1H3. The van der Waals surface area contributed by atoms with Crippen LogP contribution in [0.5, 0.6) is 11.5 Å². The molecule has 0 heterocycles. The van der Waals surface area contributed by atoms with Crippen LogP contribution in [0.1, 0.15) is 31.4 Å². The van der Waals surface area contributed by atoms with E-state index in [1.54, 1.807) is 0 Å². The summed E-state index contributed by atoms with van der Waals surface area (Å²) in [5.41, 5.74) is 0.472. The number of phenols is 2. The Morgan fingerprint density at radius 3 is 2.54 bits per heavy atom. The fraction of sp³-hybridized carbons (Fsp3) is 0.400. The van der Waals surface area contributed by atoms with Crippen molar-refractivity contribution >= 4 is 0 Å². The fourth-order valence-electron chi connectivity index (χ4n) is 1.24. The van der Waals surface area contributed by atoms with Gasteiger partial charge in [0.1, 0.15) is 11.5 Å². The van der Waals surface area contributed by atoms with E-state index in [1.165, 1.54) is 18.2 Å². The van der Waals surface area contributed by atoms with Crippen LogP contribution in [0.3, 0.4) is 0 Å². The third-order valence-corrected chi connectivity index (χ3v) is 1.94. The first-order valence-electron chi connectivity index (χ1n) is 4.35. The minimum Gasteiger partial charge on any atom is -0.508 e. The molecular formula is C10H14O3. The average Bonchev–Trinajstić information content (AvgIpc) is 2.04. The van der Waals surface area contributed by atoms with Gasteiger partial charge in [0.15, 0.2) is 0 Å². The molecular weight excluding hydrogens is 168 g/mol. The molecule has 1 atom stereocenters. The molecule has 0 aromatic heterocycles. The monoisotopic (exact) mass is 182 g/mol. The highest BCUT2D eigenvalue weighted by Crippen LogP contribution is 2.29. The molecule has 3 nitrogen and oxygen atoms in total. The van der Waals surface area contributed by atoms with Gasteiger partial charge in [0.2, 0.25) is 0 Å². The van der Waals surface area contributed by atoms with E-state index in [0.717, 1.165) is 6.42 Å². The van der Waals surface area contributed by atoms with Crippen molar-refractivity contribution in [2.75, 3.05) is 0 Å². The molecule has 3 heteroatoms. The minimum atomic E-state index is -0.648. The highest BCUT2D eigenvalue weighted by atomic mass is 16.3. The summed E-state index contributed by atoms with van der Waals surface area (Å²) in [5, 5.41) is 27.9. The van der Waals surface area contributed by atoms with Gasteiger partial charge in [0.25, 0.3) is 0 Å². The second-order valence-corrected chi connectivity index (χ2v) is 3.05. The topological polar surface area (TPSA) is 60.7 Å². The van der Waals surface area contributed by atoms with Crippen molar-refractivity contribution in [3.8, 4) is 11.5 Å². The summed E-state index contributed by atoms with van der Waals surface area (Å²) in [5.74, 6) is -0.0501. The molecule has 13 heavy (non-hydrogen) atoms. The van der Waals surface area contributed by atoms with Gasteiger partial charge in [-0.25, -0.2) is 0 Å². The second kappa shape index (κ2) is 4.14. The summed E-state index contributed by atoms with van der Waals surface area (Å²) in [6.45, 7) is 1.96. The van der Waals surface area contributed by atoms with Gasteiger partial charge in [-0.1, -0.05) is 13.3 Å². The van der Waals surface area contributed by atoms with Gasteiger partial charge >= 0.3 is 0 Å². The SMILES string of the molecule is CCCC(O)c1ccc(O)cc1O. The van der Waals surface area contributed by atoms with Crippen molar-refractivity contribution in [3.63, 3.8) is 0 Å². The molecule has 3 N–H and O–H groups in total. The minimum absolute atomic E-state index is 0.00458. The first-order valence-corrected chi connectivity index (χ1v) is 4.35. The summed E-state index contributed by atoms with van der Waals surface area (Å²) in [6.07, 6.45) is 0.811. The largest absolute Gasteiger partial charge is 0.508 e. The third kappa shape index (κ3) is 2.36. The van der Waals surface area contributed by atoms with Gasteiger partial charge in [-0.2, -0.15) is 0 Å². The summed E-state index contributed by atoms with van der Waals surface area (Å²) in [6, 6.07) is 4.22. The Balaban J connectivity index is 2.88. The molecule has 0 bridgehead atoms. The van der Waals surface area contributed by atoms with Gasteiger partial charge in [-0.15, -0.1) is 0 Å². The summed E-state index contributed by atoms with van der Waals surface area (Å²) in [7, 11) is 0. The predicted molar refractivity (Wildman–Crippen MR) is 49.6 cm³/mol.